The van der Waals surface area contributed by atoms with Gasteiger partial charge in [-0.1, -0.05) is 13.0 Å². The quantitative estimate of drug-likeness (QED) is 0.411. The van der Waals surface area contributed by atoms with E-state index in [9.17, 15) is 0 Å². The number of hydrazone groups is 1. The van der Waals surface area contributed by atoms with Gasteiger partial charge in [0.1, 0.15) is 0 Å². The van der Waals surface area contributed by atoms with E-state index >= 15 is 0 Å². The summed E-state index contributed by atoms with van der Waals surface area (Å²) in [7, 11) is 3.25. The van der Waals surface area contributed by atoms with Gasteiger partial charge in [0.2, 0.25) is 0 Å². The highest BCUT2D eigenvalue weighted by Gasteiger charge is 2.15. The monoisotopic (exact) mass is 234 g/mol. The fourth-order valence-electron chi connectivity index (χ4n) is 1.58. The average Bonchev–Trinajstić information content (AvgIpc) is 2.34. The van der Waals surface area contributed by atoms with Crippen LogP contribution in [-0.2, 0) is 0 Å². The zero-order valence-electron chi connectivity index (χ0n) is 10.4. The van der Waals surface area contributed by atoms with Crippen LogP contribution in [0.3, 0.4) is 0 Å². The van der Waals surface area contributed by atoms with Crippen LogP contribution in [0, 0.1) is 5.41 Å². The van der Waals surface area contributed by atoms with Gasteiger partial charge < -0.3 is 15.9 Å². The first-order chi connectivity index (χ1) is 8.15. The third-order valence-corrected chi connectivity index (χ3v) is 2.39. The molecule has 0 heterocycles. The Kier molecular flexibility index (Phi) is 4.51. The van der Waals surface area contributed by atoms with Gasteiger partial charge in [-0.2, -0.15) is 5.10 Å². The van der Waals surface area contributed by atoms with Crippen LogP contribution < -0.4 is 15.9 Å². The maximum Gasteiger partial charge on any atom is 0.151 e. The van der Waals surface area contributed by atoms with Crippen LogP contribution in [0.4, 0.5) is 5.69 Å². The van der Waals surface area contributed by atoms with Crippen molar-refractivity contribution in [1.82, 2.24) is 5.43 Å². The second kappa shape index (κ2) is 5.89. The highest BCUT2D eigenvalue weighted by molar-refractivity contribution is 6.47. The van der Waals surface area contributed by atoms with E-state index in [2.05, 4.69) is 10.5 Å². The summed E-state index contributed by atoms with van der Waals surface area (Å²) in [5.41, 5.74) is 10.7. The molecule has 0 unspecified atom stereocenters. The number of hydrogen-bond donors (Lipinski definition) is 3. The zero-order chi connectivity index (χ0) is 12.8. The molecule has 1 rings (SSSR count). The lowest BCUT2D eigenvalue weighted by molar-refractivity contribution is 0.416. The first-order valence-corrected chi connectivity index (χ1v) is 5.40. The number of benzene rings is 1. The van der Waals surface area contributed by atoms with E-state index in [1.54, 1.807) is 32.4 Å². The van der Waals surface area contributed by atoms with Crippen molar-refractivity contribution in [3.63, 3.8) is 0 Å². The number of nitrogen functional groups attached to an aromatic ring is 1. The van der Waals surface area contributed by atoms with Gasteiger partial charge in [-0.25, -0.2) is 0 Å². The number of rotatable bonds is 5. The Bertz CT molecular complexity index is 440. The lowest BCUT2D eigenvalue weighted by Gasteiger charge is -2.12. The van der Waals surface area contributed by atoms with Crippen molar-refractivity contribution in [2.24, 2.45) is 5.10 Å². The van der Waals surface area contributed by atoms with Gasteiger partial charge in [0.15, 0.2) is 5.75 Å². The van der Waals surface area contributed by atoms with E-state index in [1.807, 2.05) is 6.92 Å². The summed E-state index contributed by atoms with van der Waals surface area (Å²) in [6, 6.07) is 5.35. The minimum atomic E-state index is 0.325. The number of nitrogens with one attached hydrogen (secondary N) is 2. The topological polar surface area (TPSA) is 83.5 Å². The molecule has 0 bridgehead atoms. The molecule has 0 atom stereocenters. The molecule has 0 fully saturated rings. The minimum Gasteiger partial charge on any atom is -0.494 e. The molecule has 0 spiro atoms. The van der Waals surface area contributed by atoms with Crippen molar-refractivity contribution in [2.75, 3.05) is 19.9 Å². The molecule has 0 aliphatic heterocycles. The molecule has 0 saturated heterocycles. The van der Waals surface area contributed by atoms with Crippen LogP contribution in [-0.4, -0.2) is 25.6 Å². The van der Waals surface area contributed by atoms with Gasteiger partial charge >= 0.3 is 0 Å². The molecule has 0 saturated carbocycles. The van der Waals surface area contributed by atoms with Crippen LogP contribution in [0.2, 0.25) is 0 Å². The summed E-state index contributed by atoms with van der Waals surface area (Å²) < 4.78 is 5.23. The van der Waals surface area contributed by atoms with Gasteiger partial charge in [0.25, 0.3) is 0 Å². The second-order valence-corrected chi connectivity index (χ2v) is 3.44. The van der Waals surface area contributed by atoms with Crippen molar-refractivity contribution in [3.8, 4) is 5.75 Å². The molecular weight excluding hydrogens is 216 g/mol. The average molecular weight is 234 g/mol. The zero-order valence-corrected chi connectivity index (χ0v) is 10.4. The van der Waals surface area contributed by atoms with Crippen molar-refractivity contribution < 1.29 is 4.74 Å². The molecule has 1 aromatic carbocycles. The fraction of sp³-hybridized carbons (Fsp3) is 0.333. The second-order valence-electron chi connectivity index (χ2n) is 3.44. The molecule has 0 aromatic heterocycles. The van der Waals surface area contributed by atoms with E-state index in [4.69, 9.17) is 15.9 Å². The first kappa shape index (κ1) is 13.0. The number of hydrogen-bond acceptors (Lipinski definition) is 5. The van der Waals surface area contributed by atoms with Gasteiger partial charge in [-0.3, -0.25) is 5.41 Å². The molecule has 5 heteroatoms. The molecular formula is C12H18N4O. The Morgan fingerprint density at radius 2 is 2.24 bits per heavy atom. The number of nitrogens with zero attached hydrogens (tertiary/aromatic N) is 1. The third kappa shape index (κ3) is 2.75. The fourth-order valence-corrected chi connectivity index (χ4v) is 1.58. The minimum absolute atomic E-state index is 0.325. The van der Waals surface area contributed by atoms with Crippen molar-refractivity contribution in [1.29, 1.82) is 5.41 Å². The lowest BCUT2D eigenvalue weighted by atomic mass is 10.0. The van der Waals surface area contributed by atoms with Crippen LogP contribution in [0.25, 0.3) is 0 Å². The van der Waals surface area contributed by atoms with Crippen molar-refractivity contribution in [3.05, 3.63) is 23.8 Å². The Morgan fingerprint density at radius 3 is 2.76 bits per heavy atom. The number of para-hydroxylation sites is 1. The molecule has 0 amide bonds. The molecule has 92 valence electrons. The summed E-state index contributed by atoms with van der Waals surface area (Å²) in [6.07, 6.45) is 0.664. The summed E-state index contributed by atoms with van der Waals surface area (Å²) in [5.74, 6) is 0.523. The smallest absolute Gasteiger partial charge is 0.151 e. The number of methoxy groups -OCH3 is 1. The maximum absolute atomic E-state index is 8.12. The molecule has 17 heavy (non-hydrogen) atoms. The van der Waals surface area contributed by atoms with E-state index in [0.717, 1.165) is 0 Å². The molecule has 4 N–H and O–H groups in total. The van der Waals surface area contributed by atoms with Gasteiger partial charge in [0.05, 0.1) is 24.2 Å². The van der Waals surface area contributed by atoms with Crippen molar-refractivity contribution >= 4 is 17.1 Å². The summed E-state index contributed by atoms with van der Waals surface area (Å²) in [5, 5.41) is 12.2. The molecule has 0 radical (unpaired) electrons. The van der Waals surface area contributed by atoms with Crippen LogP contribution >= 0.6 is 0 Å². The molecule has 0 aliphatic carbocycles. The Hall–Kier alpha value is -2.04. The van der Waals surface area contributed by atoms with E-state index in [0.29, 0.717) is 34.8 Å². The highest BCUT2D eigenvalue weighted by atomic mass is 16.5. The number of nitrogens with two attached hydrogens (primary N) is 1. The Morgan fingerprint density at radius 1 is 1.53 bits per heavy atom. The van der Waals surface area contributed by atoms with Crippen molar-refractivity contribution in [2.45, 2.75) is 13.3 Å². The van der Waals surface area contributed by atoms with Crippen LogP contribution in [0.5, 0.6) is 5.75 Å². The highest BCUT2D eigenvalue weighted by Crippen LogP contribution is 2.26. The van der Waals surface area contributed by atoms with Gasteiger partial charge in [0, 0.05) is 12.6 Å². The molecule has 0 aliphatic rings. The standard InChI is InChI=1S/C12H18N4O/c1-4-10(16-15-2)11(14)8-6-5-7-9(13)12(8)17-3/h5-7,14-15H,4,13H2,1-3H3/b14-11?,16-10-. The maximum atomic E-state index is 8.12. The summed E-state index contributed by atoms with van der Waals surface area (Å²) in [6.45, 7) is 1.95. The SMILES string of the molecule is CC/C(=N/NC)C(=N)c1cccc(N)c1OC. The lowest BCUT2D eigenvalue weighted by Crippen LogP contribution is -2.18. The van der Waals surface area contributed by atoms with Gasteiger partial charge in [-0.15, -0.1) is 0 Å². The van der Waals surface area contributed by atoms with Crippen LogP contribution in [0.15, 0.2) is 23.3 Å². The van der Waals surface area contributed by atoms with Gasteiger partial charge in [-0.05, 0) is 18.6 Å². The van der Waals surface area contributed by atoms with E-state index in [-0.39, 0.29) is 0 Å². The Labute approximate surface area is 101 Å². The molecule has 5 nitrogen and oxygen atoms in total. The Balaban J connectivity index is 3.20. The first-order valence-electron chi connectivity index (χ1n) is 5.40. The number of ether oxygens (including phenoxy) is 1. The van der Waals surface area contributed by atoms with E-state index < -0.39 is 0 Å². The third-order valence-electron chi connectivity index (χ3n) is 2.39. The predicted molar refractivity (Wildman–Crippen MR) is 71.0 cm³/mol. The summed E-state index contributed by atoms with van der Waals surface area (Å²) >= 11 is 0. The normalized spacial score (nSPS) is 11.1. The number of anilines is 1. The molecule has 1 aromatic rings. The van der Waals surface area contributed by atoms with E-state index in [1.165, 1.54) is 0 Å². The predicted octanol–water partition coefficient (Wildman–Crippen LogP) is 1.63. The summed E-state index contributed by atoms with van der Waals surface area (Å²) in [4.78, 5) is 0. The largest absolute Gasteiger partial charge is 0.494 e. The van der Waals surface area contributed by atoms with Crippen LogP contribution in [0.1, 0.15) is 18.9 Å².